The first-order valence-electron chi connectivity index (χ1n) is 6.36. The standard InChI is InChI=1S/C13H18BrN3O2.ClH/c1-16(13(7-15)10-3-4-10)8-9-2-5-11(14)12(6-9)17(18)19;/h2,5-6,10,13H,3-4,7-8,15H2,1H3;1H. The van der Waals surface area contributed by atoms with E-state index in [4.69, 9.17) is 5.73 Å². The summed E-state index contributed by atoms with van der Waals surface area (Å²) in [4.78, 5) is 12.7. The molecule has 7 heteroatoms. The third-order valence-electron chi connectivity index (χ3n) is 3.61. The van der Waals surface area contributed by atoms with E-state index in [-0.39, 0.29) is 23.0 Å². The molecule has 1 atom stereocenters. The van der Waals surface area contributed by atoms with Gasteiger partial charge >= 0.3 is 0 Å². The van der Waals surface area contributed by atoms with Crippen molar-refractivity contribution in [3.63, 3.8) is 0 Å². The first kappa shape index (κ1) is 17.4. The van der Waals surface area contributed by atoms with E-state index < -0.39 is 0 Å². The molecule has 1 aromatic rings. The Labute approximate surface area is 133 Å². The zero-order valence-electron chi connectivity index (χ0n) is 11.3. The van der Waals surface area contributed by atoms with Crippen LogP contribution in [0, 0.1) is 16.0 Å². The Kier molecular flexibility index (Phi) is 6.39. The van der Waals surface area contributed by atoms with Crippen molar-refractivity contribution >= 4 is 34.0 Å². The number of benzene rings is 1. The van der Waals surface area contributed by atoms with Crippen LogP contribution in [-0.2, 0) is 6.54 Å². The first-order valence-corrected chi connectivity index (χ1v) is 7.15. The minimum Gasteiger partial charge on any atom is -0.329 e. The van der Waals surface area contributed by atoms with Crippen molar-refractivity contribution < 1.29 is 4.92 Å². The van der Waals surface area contributed by atoms with E-state index in [1.807, 2.05) is 13.1 Å². The maximum absolute atomic E-state index is 10.9. The van der Waals surface area contributed by atoms with Crippen molar-refractivity contribution in [3.8, 4) is 0 Å². The second-order valence-corrected chi connectivity index (χ2v) is 5.95. The normalized spacial score (nSPS) is 15.8. The smallest absolute Gasteiger partial charge is 0.283 e. The highest BCUT2D eigenvalue weighted by Gasteiger charge is 2.32. The minimum atomic E-state index is -0.366. The zero-order valence-corrected chi connectivity index (χ0v) is 13.7. The lowest BCUT2D eigenvalue weighted by Gasteiger charge is -2.26. The predicted molar refractivity (Wildman–Crippen MR) is 85.1 cm³/mol. The van der Waals surface area contributed by atoms with Crippen LogP contribution in [0.1, 0.15) is 18.4 Å². The van der Waals surface area contributed by atoms with Gasteiger partial charge in [0.2, 0.25) is 0 Å². The van der Waals surface area contributed by atoms with E-state index in [0.717, 1.165) is 5.56 Å². The number of hydrogen-bond donors (Lipinski definition) is 1. The molecule has 1 aromatic carbocycles. The fourth-order valence-corrected chi connectivity index (χ4v) is 2.81. The number of hydrogen-bond acceptors (Lipinski definition) is 4. The number of nitrogens with zero attached hydrogens (tertiary/aromatic N) is 2. The molecule has 1 aliphatic rings. The lowest BCUT2D eigenvalue weighted by molar-refractivity contribution is -0.385. The van der Waals surface area contributed by atoms with Gasteiger partial charge in [0.25, 0.3) is 5.69 Å². The Hall–Kier alpha value is -0.690. The molecular formula is C13H19BrClN3O2. The van der Waals surface area contributed by atoms with Crippen LogP contribution in [0.3, 0.4) is 0 Å². The molecule has 0 amide bonds. The van der Waals surface area contributed by atoms with Crippen LogP contribution in [0.2, 0.25) is 0 Å². The average Bonchev–Trinajstić information content (AvgIpc) is 3.16. The van der Waals surface area contributed by atoms with Gasteiger partial charge < -0.3 is 5.73 Å². The van der Waals surface area contributed by atoms with Crippen molar-refractivity contribution in [3.05, 3.63) is 38.3 Å². The Morgan fingerprint density at radius 3 is 2.70 bits per heavy atom. The highest BCUT2D eigenvalue weighted by atomic mass is 79.9. The molecule has 5 nitrogen and oxygen atoms in total. The molecule has 112 valence electrons. The molecule has 2 rings (SSSR count). The van der Waals surface area contributed by atoms with Gasteiger partial charge in [-0.3, -0.25) is 15.0 Å². The van der Waals surface area contributed by atoms with Crippen molar-refractivity contribution in [2.24, 2.45) is 11.7 Å². The molecule has 20 heavy (non-hydrogen) atoms. The van der Waals surface area contributed by atoms with E-state index in [1.165, 1.54) is 12.8 Å². The van der Waals surface area contributed by atoms with Crippen LogP contribution in [0.15, 0.2) is 22.7 Å². The van der Waals surface area contributed by atoms with E-state index in [2.05, 4.69) is 20.8 Å². The van der Waals surface area contributed by atoms with Gasteiger partial charge in [-0.15, -0.1) is 12.4 Å². The molecule has 1 fully saturated rings. The predicted octanol–water partition coefficient (Wildman–Crippen LogP) is 2.95. The van der Waals surface area contributed by atoms with Gasteiger partial charge in [-0.05, 0) is 53.4 Å². The van der Waals surface area contributed by atoms with Crippen LogP contribution in [-0.4, -0.2) is 29.5 Å². The van der Waals surface area contributed by atoms with Crippen LogP contribution < -0.4 is 5.73 Å². The number of likely N-dealkylation sites (N-methyl/N-ethyl adjacent to an activating group) is 1. The van der Waals surface area contributed by atoms with Crippen molar-refractivity contribution in [1.82, 2.24) is 4.90 Å². The summed E-state index contributed by atoms with van der Waals surface area (Å²) in [5.41, 5.74) is 6.87. The SMILES string of the molecule is CN(Cc1ccc(Br)c([N+](=O)[O-])c1)C(CN)C1CC1.Cl. The van der Waals surface area contributed by atoms with Crippen molar-refractivity contribution in [2.75, 3.05) is 13.6 Å². The molecule has 0 aliphatic heterocycles. The summed E-state index contributed by atoms with van der Waals surface area (Å²) in [5, 5.41) is 10.9. The van der Waals surface area contributed by atoms with Gasteiger partial charge in [-0.1, -0.05) is 6.07 Å². The number of nitro benzene ring substituents is 1. The monoisotopic (exact) mass is 363 g/mol. The molecule has 0 spiro atoms. The summed E-state index contributed by atoms with van der Waals surface area (Å²) in [6, 6.07) is 5.65. The third kappa shape index (κ3) is 4.15. The lowest BCUT2D eigenvalue weighted by atomic mass is 10.1. The summed E-state index contributed by atoms with van der Waals surface area (Å²) in [7, 11) is 2.03. The number of nitro groups is 1. The number of rotatable bonds is 6. The van der Waals surface area contributed by atoms with Gasteiger partial charge in [0.05, 0.1) is 9.40 Å². The molecule has 0 bridgehead atoms. The van der Waals surface area contributed by atoms with Gasteiger partial charge in [0.15, 0.2) is 0 Å². The fourth-order valence-electron chi connectivity index (χ4n) is 2.42. The summed E-state index contributed by atoms with van der Waals surface area (Å²) >= 11 is 3.20. The fraction of sp³-hybridized carbons (Fsp3) is 0.538. The highest BCUT2D eigenvalue weighted by molar-refractivity contribution is 9.10. The molecule has 1 saturated carbocycles. The summed E-state index contributed by atoms with van der Waals surface area (Å²) in [6.45, 7) is 1.33. The number of nitrogens with two attached hydrogens (primary N) is 1. The quantitative estimate of drug-likeness (QED) is 0.622. The lowest BCUT2D eigenvalue weighted by Crippen LogP contribution is -2.39. The maximum Gasteiger partial charge on any atom is 0.283 e. The summed E-state index contributed by atoms with van der Waals surface area (Å²) < 4.78 is 0.515. The highest BCUT2D eigenvalue weighted by Crippen LogP contribution is 2.35. The molecule has 0 saturated heterocycles. The average molecular weight is 365 g/mol. The largest absolute Gasteiger partial charge is 0.329 e. The molecule has 0 heterocycles. The van der Waals surface area contributed by atoms with Crippen LogP contribution in [0.5, 0.6) is 0 Å². The molecular weight excluding hydrogens is 346 g/mol. The van der Waals surface area contributed by atoms with E-state index in [1.54, 1.807) is 12.1 Å². The maximum atomic E-state index is 10.9. The second-order valence-electron chi connectivity index (χ2n) is 5.10. The third-order valence-corrected chi connectivity index (χ3v) is 4.28. The molecule has 1 aliphatic carbocycles. The molecule has 1 unspecified atom stereocenters. The topological polar surface area (TPSA) is 72.4 Å². The van der Waals surface area contributed by atoms with E-state index >= 15 is 0 Å². The van der Waals surface area contributed by atoms with E-state index in [0.29, 0.717) is 29.5 Å². The molecule has 0 aromatic heterocycles. The van der Waals surface area contributed by atoms with Crippen LogP contribution in [0.4, 0.5) is 5.69 Å². The van der Waals surface area contributed by atoms with Crippen LogP contribution >= 0.6 is 28.3 Å². The van der Waals surface area contributed by atoms with Crippen LogP contribution in [0.25, 0.3) is 0 Å². The zero-order chi connectivity index (χ0) is 14.0. The molecule has 0 radical (unpaired) electrons. The Morgan fingerprint density at radius 1 is 1.55 bits per heavy atom. The second kappa shape index (κ2) is 7.36. The van der Waals surface area contributed by atoms with Gasteiger partial charge in [0.1, 0.15) is 0 Å². The van der Waals surface area contributed by atoms with E-state index in [9.17, 15) is 10.1 Å². The van der Waals surface area contributed by atoms with Gasteiger partial charge in [-0.25, -0.2) is 0 Å². The number of halogens is 2. The Bertz CT molecular complexity index is 483. The Morgan fingerprint density at radius 2 is 2.20 bits per heavy atom. The minimum absolute atomic E-state index is 0. The van der Waals surface area contributed by atoms with Gasteiger partial charge in [0, 0.05) is 25.2 Å². The Balaban J connectivity index is 0.00000200. The molecule has 2 N–H and O–H groups in total. The summed E-state index contributed by atoms with van der Waals surface area (Å²) in [6.07, 6.45) is 2.49. The van der Waals surface area contributed by atoms with Gasteiger partial charge in [-0.2, -0.15) is 0 Å². The first-order chi connectivity index (χ1) is 9.02. The summed E-state index contributed by atoms with van der Waals surface area (Å²) in [5.74, 6) is 0.695. The van der Waals surface area contributed by atoms with Crippen molar-refractivity contribution in [1.29, 1.82) is 0 Å². The van der Waals surface area contributed by atoms with Crippen molar-refractivity contribution in [2.45, 2.75) is 25.4 Å².